The molecule has 1 aliphatic heterocycles. The van der Waals surface area contributed by atoms with Crippen LogP contribution in [0.25, 0.3) is 0 Å². The van der Waals surface area contributed by atoms with Crippen LogP contribution >= 0.6 is 0 Å². The summed E-state index contributed by atoms with van der Waals surface area (Å²) < 4.78 is 5.48. The minimum absolute atomic E-state index is 0.557. The standard InChI is InChI=1S/C11H24N2O/c1-4-11-8-12-6-7-13(11)10(3)9-14-5-2/h10-12H,4-9H2,1-3H3. The zero-order valence-corrected chi connectivity index (χ0v) is 9.75. The molecule has 0 aromatic carbocycles. The Bertz CT molecular complexity index is 152. The zero-order chi connectivity index (χ0) is 10.4. The van der Waals surface area contributed by atoms with E-state index in [1.54, 1.807) is 0 Å². The summed E-state index contributed by atoms with van der Waals surface area (Å²) in [6.07, 6.45) is 1.23. The number of nitrogens with one attached hydrogen (secondary N) is 1. The zero-order valence-electron chi connectivity index (χ0n) is 9.75. The van der Waals surface area contributed by atoms with Gasteiger partial charge in [0.15, 0.2) is 0 Å². The number of hydrogen-bond acceptors (Lipinski definition) is 3. The molecule has 2 atom stereocenters. The van der Waals surface area contributed by atoms with Crippen LogP contribution in [0.1, 0.15) is 27.2 Å². The summed E-state index contributed by atoms with van der Waals surface area (Å²) in [6.45, 7) is 11.7. The second-order valence-corrected chi connectivity index (χ2v) is 4.01. The predicted molar refractivity (Wildman–Crippen MR) is 59.6 cm³/mol. The fourth-order valence-corrected chi connectivity index (χ4v) is 2.12. The highest BCUT2D eigenvalue weighted by molar-refractivity contribution is 4.82. The van der Waals surface area contributed by atoms with Crippen molar-refractivity contribution < 1.29 is 4.74 Å². The van der Waals surface area contributed by atoms with Crippen molar-refractivity contribution in [1.82, 2.24) is 10.2 Å². The molecule has 1 saturated heterocycles. The third-order valence-electron chi connectivity index (χ3n) is 3.00. The van der Waals surface area contributed by atoms with Gasteiger partial charge in [0.2, 0.25) is 0 Å². The molecule has 3 heteroatoms. The number of ether oxygens (including phenoxy) is 1. The van der Waals surface area contributed by atoms with Crippen LogP contribution in [0.5, 0.6) is 0 Å². The van der Waals surface area contributed by atoms with Crippen molar-refractivity contribution in [3.63, 3.8) is 0 Å². The molecule has 84 valence electrons. The minimum atomic E-state index is 0.557. The fraction of sp³-hybridized carbons (Fsp3) is 1.00. The second kappa shape index (κ2) is 6.38. The summed E-state index contributed by atoms with van der Waals surface area (Å²) >= 11 is 0. The Hall–Kier alpha value is -0.120. The predicted octanol–water partition coefficient (Wildman–Crippen LogP) is 1.10. The molecule has 1 rings (SSSR count). The van der Waals surface area contributed by atoms with Crippen LogP contribution in [0.2, 0.25) is 0 Å². The highest BCUT2D eigenvalue weighted by Crippen LogP contribution is 2.11. The molecular formula is C11H24N2O. The molecule has 0 saturated carbocycles. The molecule has 0 bridgehead atoms. The van der Waals surface area contributed by atoms with E-state index in [9.17, 15) is 0 Å². The van der Waals surface area contributed by atoms with Gasteiger partial charge in [-0.2, -0.15) is 0 Å². The number of rotatable bonds is 5. The average molecular weight is 200 g/mol. The van der Waals surface area contributed by atoms with Crippen molar-refractivity contribution >= 4 is 0 Å². The van der Waals surface area contributed by atoms with Crippen LogP contribution in [0.15, 0.2) is 0 Å². The van der Waals surface area contributed by atoms with E-state index in [-0.39, 0.29) is 0 Å². The average Bonchev–Trinajstić information content (AvgIpc) is 2.25. The summed E-state index contributed by atoms with van der Waals surface area (Å²) in [4.78, 5) is 2.58. The molecule has 1 fully saturated rings. The number of hydrogen-bond donors (Lipinski definition) is 1. The first-order valence-electron chi connectivity index (χ1n) is 5.83. The Morgan fingerprint density at radius 3 is 2.93 bits per heavy atom. The van der Waals surface area contributed by atoms with Gasteiger partial charge in [0.1, 0.15) is 0 Å². The van der Waals surface area contributed by atoms with Gasteiger partial charge in [-0.15, -0.1) is 0 Å². The molecular weight excluding hydrogens is 176 g/mol. The van der Waals surface area contributed by atoms with Crippen LogP contribution in [0.4, 0.5) is 0 Å². The third kappa shape index (κ3) is 3.23. The smallest absolute Gasteiger partial charge is 0.0619 e. The summed E-state index contributed by atoms with van der Waals surface area (Å²) in [5, 5.41) is 3.44. The van der Waals surface area contributed by atoms with Crippen LogP contribution < -0.4 is 5.32 Å². The molecule has 0 amide bonds. The Morgan fingerprint density at radius 1 is 1.50 bits per heavy atom. The maximum absolute atomic E-state index is 5.48. The Labute approximate surface area is 87.8 Å². The highest BCUT2D eigenvalue weighted by atomic mass is 16.5. The molecule has 2 unspecified atom stereocenters. The molecule has 1 N–H and O–H groups in total. The molecule has 1 heterocycles. The summed E-state index contributed by atoms with van der Waals surface area (Å²) in [5.41, 5.74) is 0. The lowest BCUT2D eigenvalue weighted by atomic mass is 10.1. The minimum Gasteiger partial charge on any atom is -0.380 e. The van der Waals surface area contributed by atoms with E-state index in [1.165, 1.54) is 6.42 Å². The summed E-state index contributed by atoms with van der Waals surface area (Å²) in [6, 6.07) is 1.25. The highest BCUT2D eigenvalue weighted by Gasteiger charge is 2.24. The Morgan fingerprint density at radius 2 is 2.29 bits per heavy atom. The lowest BCUT2D eigenvalue weighted by Crippen LogP contribution is -2.55. The quantitative estimate of drug-likeness (QED) is 0.719. The van der Waals surface area contributed by atoms with E-state index >= 15 is 0 Å². The topological polar surface area (TPSA) is 24.5 Å². The first-order valence-corrected chi connectivity index (χ1v) is 5.83. The molecule has 1 aliphatic rings. The van der Waals surface area contributed by atoms with Crippen LogP contribution in [-0.2, 0) is 4.74 Å². The van der Waals surface area contributed by atoms with E-state index < -0.39 is 0 Å². The van der Waals surface area contributed by atoms with Gasteiger partial charge in [0.05, 0.1) is 6.61 Å². The van der Waals surface area contributed by atoms with Gasteiger partial charge in [0, 0.05) is 38.3 Å². The van der Waals surface area contributed by atoms with Gasteiger partial charge in [-0.1, -0.05) is 6.92 Å². The van der Waals surface area contributed by atoms with Crippen molar-refractivity contribution in [2.75, 3.05) is 32.8 Å². The van der Waals surface area contributed by atoms with Crippen molar-refractivity contribution in [2.45, 2.75) is 39.3 Å². The van der Waals surface area contributed by atoms with Crippen molar-refractivity contribution in [3.8, 4) is 0 Å². The van der Waals surface area contributed by atoms with Crippen molar-refractivity contribution in [1.29, 1.82) is 0 Å². The van der Waals surface area contributed by atoms with E-state index in [1.807, 2.05) is 0 Å². The van der Waals surface area contributed by atoms with E-state index in [0.717, 1.165) is 32.8 Å². The van der Waals surface area contributed by atoms with E-state index in [2.05, 4.69) is 31.0 Å². The van der Waals surface area contributed by atoms with Crippen molar-refractivity contribution in [3.05, 3.63) is 0 Å². The molecule has 0 radical (unpaired) electrons. The number of nitrogens with zero attached hydrogens (tertiary/aromatic N) is 1. The van der Waals surface area contributed by atoms with E-state index in [4.69, 9.17) is 4.74 Å². The summed E-state index contributed by atoms with van der Waals surface area (Å²) in [5.74, 6) is 0. The SMILES string of the molecule is CCOCC(C)N1CCNCC1CC. The van der Waals surface area contributed by atoms with Crippen LogP contribution in [-0.4, -0.2) is 49.8 Å². The van der Waals surface area contributed by atoms with Gasteiger partial charge in [-0.05, 0) is 20.3 Å². The lowest BCUT2D eigenvalue weighted by molar-refractivity contribution is 0.0388. The van der Waals surface area contributed by atoms with E-state index in [0.29, 0.717) is 12.1 Å². The maximum atomic E-state index is 5.48. The first kappa shape index (κ1) is 12.0. The normalized spacial score (nSPS) is 26.4. The molecule has 0 spiro atoms. The Balaban J connectivity index is 2.37. The first-order chi connectivity index (χ1) is 6.79. The third-order valence-corrected chi connectivity index (χ3v) is 3.00. The van der Waals surface area contributed by atoms with Gasteiger partial charge in [-0.3, -0.25) is 4.90 Å². The van der Waals surface area contributed by atoms with Crippen LogP contribution in [0, 0.1) is 0 Å². The van der Waals surface area contributed by atoms with Crippen molar-refractivity contribution in [2.24, 2.45) is 0 Å². The molecule has 0 aromatic rings. The monoisotopic (exact) mass is 200 g/mol. The van der Waals surface area contributed by atoms with Crippen LogP contribution in [0.3, 0.4) is 0 Å². The lowest BCUT2D eigenvalue weighted by Gasteiger charge is -2.39. The Kier molecular flexibility index (Phi) is 5.45. The fourth-order valence-electron chi connectivity index (χ4n) is 2.12. The molecule has 0 aliphatic carbocycles. The summed E-state index contributed by atoms with van der Waals surface area (Å²) in [7, 11) is 0. The second-order valence-electron chi connectivity index (χ2n) is 4.01. The molecule has 14 heavy (non-hydrogen) atoms. The molecule has 0 aromatic heterocycles. The van der Waals surface area contributed by atoms with Gasteiger partial charge >= 0.3 is 0 Å². The molecule has 3 nitrogen and oxygen atoms in total. The maximum Gasteiger partial charge on any atom is 0.0619 e. The number of piperazine rings is 1. The largest absolute Gasteiger partial charge is 0.380 e. The van der Waals surface area contributed by atoms with Gasteiger partial charge in [0.25, 0.3) is 0 Å². The van der Waals surface area contributed by atoms with Gasteiger partial charge in [-0.25, -0.2) is 0 Å². The van der Waals surface area contributed by atoms with Gasteiger partial charge < -0.3 is 10.1 Å².